The fraction of sp³-hybridized carbons (Fsp3) is 0.857. The van der Waals surface area contributed by atoms with Crippen LogP contribution in [0.25, 0.3) is 0 Å². The van der Waals surface area contributed by atoms with E-state index in [1.54, 1.807) is 0 Å². The number of hydrogen-bond acceptors (Lipinski definition) is 2. The molecular formula is C14H28N2. The van der Waals surface area contributed by atoms with E-state index in [1.807, 2.05) is 0 Å². The van der Waals surface area contributed by atoms with Crippen molar-refractivity contribution in [2.45, 2.75) is 40.0 Å². The SMILES string of the molecule is C=C(C)N(CCN1CCCCC1)CC(C)C. The van der Waals surface area contributed by atoms with Gasteiger partial charge in [-0.05, 0) is 38.8 Å². The van der Waals surface area contributed by atoms with Gasteiger partial charge in [-0.2, -0.15) is 0 Å². The van der Waals surface area contributed by atoms with E-state index < -0.39 is 0 Å². The molecule has 0 aromatic rings. The largest absolute Gasteiger partial charge is 0.374 e. The van der Waals surface area contributed by atoms with Crippen LogP contribution in [0.4, 0.5) is 0 Å². The zero-order valence-corrected chi connectivity index (χ0v) is 11.3. The smallest absolute Gasteiger partial charge is 0.0302 e. The monoisotopic (exact) mass is 224 g/mol. The molecule has 16 heavy (non-hydrogen) atoms. The van der Waals surface area contributed by atoms with Gasteiger partial charge in [-0.3, -0.25) is 0 Å². The highest BCUT2D eigenvalue weighted by molar-refractivity contribution is 4.89. The molecule has 0 aromatic heterocycles. The summed E-state index contributed by atoms with van der Waals surface area (Å²) in [6.07, 6.45) is 4.20. The van der Waals surface area contributed by atoms with Crippen molar-refractivity contribution in [3.05, 3.63) is 12.3 Å². The van der Waals surface area contributed by atoms with Crippen molar-refractivity contribution in [3.8, 4) is 0 Å². The molecule has 1 saturated heterocycles. The average Bonchev–Trinajstić information content (AvgIpc) is 2.25. The quantitative estimate of drug-likeness (QED) is 0.684. The van der Waals surface area contributed by atoms with Crippen LogP contribution in [0.5, 0.6) is 0 Å². The predicted molar refractivity (Wildman–Crippen MR) is 71.5 cm³/mol. The highest BCUT2D eigenvalue weighted by atomic mass is 15.2. The van der Waals surface area contributed by atoms with E-state index >= 15 is 0 Å². The normalized spacial score (nSPS) is 17.8. The van der Waals surface area contributed by atoms with Gasteiger partial charge in [0, 0.05) is 25.3 Å². The van der Waals surface area contributed by atoms with Crippen molar-refractivity contribution in [2.75, 3.05) is 32.7 Å². The zero-order chi connectivity index (χ0) is 12.0. The first-order valence-corrected chi connectivity index (χ1v) is 6.72. The lowest BCUT2D eigenvalue weighted by Gasteiger charge is -2.32. The van der Waals surface area contributed by atoms with Gasteiger partial charge >= 0.3 is 0 Å². The Balaban J connectivity index is 2.28. The summed E-state index contributed by atoms with van der Waals surface area (Å²) in [5.41, 5.74) is 1.21. The van der Waals surface area contributed by atoms with Crippen LogP contribution >= 0.6 is 0 Å². The van der Waals surface area contributed by atoms with Crippen LogP contribution in [0.15, 0.2) is 12.3 Å². The van der Waals surface area contributed by atoms with Crippen molar-refractivity contribution in [1.82, 2.24) is 9.80 Å². The van der Waals surface area contributed by atoms with E-state index in [0.29, 0.717) is 0 Å². The molecule has 0 aromatic carbocycles. The standard InChI is InChI=1S/C14H28N2/c1-13(2)12-16(14(3)4)11-10-15-8-6-5-7-9-15/h13H,3,5-12H2,1-2,4H3. The number of hydrogen-bond donors (Lipinski definition) is 0. The molecule has 0 unspecified atom stereocenters. The van der Waals surface area contributed by atoms with E-state index in [0.717, 1.165) is 19.0 Å². The fourth-order valence-corrected chi connectivity index (χ4v) is 2.32. The van der Waals surface area contributed by atoms with Gasteiger partial charge < -0.3 is 9.80 Å². The van der Waals surface area contributed by atoms with Crippen molar-refractivity contribution >= 4 is 0 Å². The van der Waals surface area contributed by atoms with Gasteiger partial charge in [-0.1, -0.05) is 26.8 Å². The number of nitrogens with zero attached hydrogens (tertiary/aromatic N) is 2. The molecule has 0 bridgehead atoms. The maximum atomic E-state index is 4.08. The average molecular weight is 224 g/mol. The Hall–Kier alpha value is -0.500. The third kappa shape index (κ3) is 5.02. The predicted octanol–water partition coefficient (Wildman–Crippen LogP) is 2.96. The Labute approximate surface area is 101 Å². The maximum absolute atomic E-state index is 4.08. The Morgan fingerprint density at radius 1 is 1.25 bits per heavy atom. The number of allylic oxidation sites excluding steroid dienone is 1. The van der Waals surface area contributed by atoms with Crippen LogP contribution < -0.4 is 0 Å². The Morgan fingerprint density at radius 3 is 2.38 bits per heavy atom. The van der Waals surface area contributed by atoms with Crippen molar-refractivity contribution in [1.29, 1.82) is 0 Å². The summed E-state index contributed by atoms with van der Waals surface area (Å²) in [5.74, 6) is 0.720. The Morgan fingerprint density at radius 2 is 1.88 bits per heavy atom. The van der Waals surface area contributed by atoms with Gasteiger partial charge in [0.25, 0.3) is 0 Å². The lowest BCUT2D eigenvalue weighted by molar-refractivity contribution is 0.193. The van der Waals surface area contributed by atoms with Crippen molar-refractivity contribution < 1.29 is 0 Å². The summed E-state index contributed by atoms with van der Waals surface area (Å²) in [6.45, 7) is 16.8. The first-order valence-electron chi connectivity index (χ1n) is 6.72. The maximum Gasteiger partial charge on any atom is 0.0302 e. The Kier molecular flexibility index (Phi) is 5.89. The van der Waals surface area contributed by atoms with Crippen LogP contribution in [0.3, 0.4) is 0 Å². The minimum absolute atomic E-state index is 0.720. The second kappa shape index (κ2) is 6.95. The number of rotatable bonds is 6. The van der Waals surface area contributed by atoms with E-state index in [9.17, 15) is 0 Å². The number of likely N-dealkylation sites (tertiary alicyclic amines) is 1. The summed E-state index contributed by atoms with van der Waals surface area (Å²) in [5, 5.41) is 0. The van der Waals surface area contributed by atoms with Gasteiger partial charge in [-0.15, -0.1) is 0 Å². The summed E-state index contributed by atoms with van der Waals surface area (Å²) in [6, 6.07) is 0. The second-order valence-corrected chi connectivity index (χ2v) is 5.48. The molecule has 1 heterocycles. The molecule has 0 atom stereocenters. The van der Waals surface area contributed by atoms with Gasteiger partial charge in [0.05, 0.1) is 0 Å². The lowest BCUT2D eigenvalue weighted by atomic mass is 10.1. The second-order valence-electron chi connectivity index (χ2n) is 5.48. The molecule has 1 fully saturated rings. The molecule has 2 heteroatoms. The lowest BCUT2D eigenvalue weighted by Crippen LogP contribution is -2.38. The molecule has 2 nitrogen and oxygen atoms in total. The van der Waals surface area contributed by atoms with E-state index in [-0.39, 0.29) is 0 Å². The molecule has 0 amide bonds. The van der Waals surface area contributed by atoms with Crippen LogP contribution in [-0.2, 0) is 0 Å². The fourth-order valence-electron chi connectivity index (χ4n) is 2.32. The van der Waals surface area contributed by atoms with Crippen LogP contribution in [0.2, 0.25) is 0 Å². The van der Waals surface area contributed by atoms with Crippen molar-refractivity contribution in [2.24, 2.45) is 5.92 Å². The topological polar surface area (TPSA) is 6.48 Å². The molecule has 1 aliphatic heterocycles. The molecule has 1 aliphatic rings. The molecule has 0 aliphatic carbocycles. The molecule has 0 saturated carbocycles. The van der Waals surface area contributed by atoms with Gasteiger partial charge in [0.1, 0.15) is 0 Å². The van der Waals surface area contributed by atoms with E-state index in [4.69, 9.17) is 0 Å². The van der Waals surface area contributed by atoms with E-state index in [1.165, 1.54) is 44.6 Å². The third-order valence-electron chi connectivity index (χ3n) is 3.26. The highest BCUT2D eigenvalue weighted by Crippen LogP contribution is 2.10. The van der Waals surface area contributed by atoms with Gasteiger partial charge in [0.2, 0.25) is 0 Å². The van der Waals surface area contributed by atoms with Gasteiger partial charge in [0.15, 0.2) is 0 Å². The summed E-state index contributed by atoms with van der Waals surface area (Å²) < 4.78 is 0. The highest BCUT2D eigenvalue weighted by Gasteiger charge is 2.12. The Bertz CT molecular complexity index is 205. The summed E-state index contributed by atoms with van der Waals surface area (Å²) in [4.78, 5) is 5.03. The molecule has 94 valence electrons. The molecule has 0 N–H and O–H groups in total. The first kappa shape index (κ1) is 13.6. The molecular weight excluding hydrogens is 196 g/mol. The van der Waals surface area contributed by atoms with Crippen molar-refractivity contribution in [3.63, 3.8) is 0 Å². The minimum atomic E-state index is 0.720. The minimum Gasteiger partial charge on any atom is -0.374 e. The molecule has 1 rings (SSSR count). The van der Waals surface area contributed by atoms with Crippen LogP contribution in [-0.4, -0.2) is 42.5 Å². The summed E-state index contributed by atoms with van der Waals surface area (Å²) >= 11 is 0. The van der Waals surface area contributed by atoms with Crippen LogP contribution in [0.1, 0.15) is 40.0 Å². The zero-order valence-electron chi connectivity index (χ0n) is 11.3. The molecule has 0 spiro atoms. The molecule has 0 radical (unpaired) electrons. The van der Waals surface area contributed by atoms with E-state index in [2.05, 4.69) is 37.1 Å². The third-order valence-corrected chi connectivity index (χ3v) is 3.26. The van der Waals surface area contributed by atoms with Crippen LogP contribution in [0, 0.1) is 5.92 Å². The van der Waals surface area contributed by atoms with Gasteiger partial charge in [-0.25, -0.2) is 0 Å². The summed E-state index contributed by atoms with van der Waals surface area (Å²) in [7, 11) is 0. The first-order chi connectivity index (χ1) is 7.59. The number of piperidine rings is 1.